The third-order valence-corrected chi connectivity index (χ3v) is 5.57. The van der Waals surface area contributed by atoms with Crippen LogP contribution in [0.2, 0.25) is 0 Å². The number of carbonyl (C=O) groups excluding carboxylic acids is 2. The maximum atomic E-state index is 12.9. The lowest BCUT2D eigenvalue weighted by atomic mass is 10.0. The Balaban J connectivity index is 1.44. The van der Waals surface area contributed by atoms with E-state index in [-0.39, 0.29) is 18.0 Å². The smallest absolute Gasteiger partial charge is 0.328 e. The molecule has 3 aromatic rings. The first-order valence-electron chi connectivity index (χ1n) is 9.90. The van der Waals surface area contributed by atoms with Crippen molar-refractivity contribution in [2.45, 2.75) is 37.4 Å². The van der Waals surface area contributed by atoms with Crippen molar-refractivity contribution in [3.8, 4) is 0 Å². The van der Waals surface area contributed by atoms with Gasteiger partial charge in [-0.05, 0) is 30.0 Å². The lowest BCUT2D eigenvalue weighted by Crippen LogP contribution is -2.49. The molecule has 6 heteroatoms. The first-order chi connectivity index (χ1) is 14.2. The van der Waals surface area contributed by atoms with Crippen LogP contribution in [0.4, 0.5) is 0 Å². The second-order valence-electron chi connectivity index (χ2n) is 7.41. The van der Waals surface area contributed by atoms with Crippen LogP contribution >= 0.6 is 0 Å². The highest BCUT2D eigenvalue weighted by Gasteiger charge is 2.32. The van der Waals surface area contributed by atoms with Crippen LogP contribution in [0.25, 0.3) is 10.9 Å². The molecule has 0 spiro atoms. The van der Waals surface area contributed by atoms with Gasteiger partial charge < -0.3 is 15.0 Å². The minimum atomic E-state index is -0.732. The highest BCUT2D eigenvalue weighted by molar-refractivity contribution is 5.89. The van der Waals surface area contributed by atoms with Gasteiger partial charge in [-0.1, -0.05) is 48.5 Å². The maximum absolute atomic E-state index is 12.9. The summed E-state index contributed by atoms with van der Waals surface area (Å²) in [5.74, 6) is -0.611. The van der Waals surface area contributed by atoms with Gasteiger partial charge in [-0.3, -0.25) is 10.1 Å². The number of nitrogens with one attached hydrogen (secondary N) is 3. The molecule has 0 bridgehead atoms. The number of H-pyrrole nitrogens is 1. The Kier molecular flexibility index (Phi) is 5.62. The van der Waals surface area contributed by atoms with Gasteiger partial charge in [-0.2, -0.15) is 0 Å². The zero-order valence-corrected chi connectivity index (χ0v) is 16.4. The van der Waals surface area contributed by atoms with Gasteiger partial charge >= 0.3 is 5.97 Å². The number of fused-ring (bicyclic) bond motifs is 1. The second-order valence-corrected chi connectivity index (χ2v) is 7.41. The molecule has 3 atom stereocenters. The number of rotatable bonds is 6. The number of esters is 1. The number of hydrogen-bond donors (Lipinski definition) is 3. The van der Waals surface area contributed by atoms with Gasteiger partial charge in [-0.25, -0.2) is 4.79 Å². The van der Waals surface area contributed by atoms with Crippen LogP contribution in [-0.4, -0.2) is 36.1 Å². The molecule has 0 unspecified atom stereocenters. The topological polar surface area (TPSA) is 83.2 Å². The number of ether oxygens (including phenoxy) is 1. The summed E-state index contributed by atoms with van der Waals surface area (Å²) in [6.07, 6.45) is 3.86. The summed E-state index contributed by atoms with van der Waals surface area (Å²) < 4.78 is 4.94. The Morgan fingerprint density at radius 1 is 1.10 bits per heavy atom. The second kappa shape index (κ2) is 8.49. The van der Waals surface area contributed by atoms with Crippen molar-refractivity contribution in [2.24, 2.45) is 0 Å². The average Bonchev–Trinajstić information content (AvgIpc) is 3.41. The number of aromatic amines is 1. The molecule has 3 N–H and O–H groups in total. The molecule has 1 fully saturated rings. The predicted molar refractivity (Wildman–Crippen MR) is 111 cm³/mol. The summed E-state index contributed by atoms with van der Waals surface area (Å²) >= 11 is 0. The van der Waals surface area contributed by atoms with Gasteiger partial charge in [0.05, 0.1) is 13.2 Å². The highest BCUT2D eigenvalue weighted by atomic mass is 16.5. The number of carbonyl (C=O) groups is 2. The van der Waals surface area contributed by atoms with Gasteiger partial charge in [-0.15, -0.1) is 0 Å². The third-order valence-electron chi connectivity index (χ3n) is 5.57. The molecule has 150 valence electrons. The van der Waals surface area contributed by atoms with Crippen LogP contribution in [0.3, 0.4) is 0 Å². The highest BCUT2D eigenvalue weighted by Crippen LogP contribution is 2.26. The Bertz CT molecular complexity index is 999. The van der Waals surface area contributed by atoms with Crippen molar-refractivity contribution in [1.82, 2.24) is 15.6 Å². The van der Waals surface area contributed by atoms with Gasteiger partial charge in [0.1, 0.15) is 6.04 Å². The first-order valence-corrected chi connectivity index (χ1v) is 9.90. The van der Waals surface area contributed by atoms with Crippen molar-refractivity contribution in [1.29, 1.82) is 0 Å². The average molecular weight is 391 g/mol. The molecule has 6 nitrogen and oxygen atoms in total. The molecule has 4 rings (SSSR count). The standard InChI is InChI=1S/C23H25N3O3/c1-29-23(28)21(13-16-14-24-19-10-6-5-9-17(16)19)26-22(27)20-12-11-18(25-20)15-7-3-2-4-8-15/h2-10,14,18,20-21,24-25H,11-13H2,1H3,(H,26,27)/t18-,20-,21+/m1/s1. The summed E-state index contributed by atoms with van der Waals surface area (Å²) in [6.45, 7) is 0. The van der Waals surface area contributed by atoms with Gasteiger partial charge in [0, 0.05) is 29.6 Å². The fraction of sp³-hybridized carbons (Fsp3) is 0.304. The van der Waals surface area contributed by atoms with E-state index in [9.17, 15) is 9.59 Å². The normalized spacial score (nSPS) is 19.8. The fourth-order valence-electron chi connectivity index (χ4n) is 4.03. The third kappa shape index (κ3) is 4.17. The van der Waals surface area contributed by atoms with Crippen LogP contribution < -0.4 is 10.6 Å². The van der Waals surface area contributed by atoms with E-state index in [2.05, 4.69) is 27.8 Å². The molecule has 2 aromatic carbocycles. The van der Waals surface area contributed by atoms with Crippen LogP contribution in [-0.2, 0) is 20.7 Å². The zero-order valence-electron chi connectivity index (χ0n) is 16.4. The number of para-hydroxylation sites is 1. The quantitative estimate of drug-likeness (QED) is 0.564. The summed E-state index contributed by atoms with van der Waals surface area (Å²) in [7, 11) is 1.34. The minimum absolute atomic E-state index is 0.150. The van der Waals surface area contributed by atoms with Gasteiger partial charge in [0.15, 0.2) is 0 Å². The number of benzene rings is 2. The number of hydrogen-bond acceptors (Lipinski definition) is 4. The van der Waals surface area contributed by atoms with E-state index in [0.717, 1.165) is 29.3 Å². The van der Waals surface area contributed by atoms with E-state index in [0.29, 0.717) is 6.42 Å². The summed E-state index contributed by atoms with van der Waals surface area (Å²) in [5.41, 5.74) is 3.14. The molecule has 1 aliphatic rings. The monoisotopic (exact) mass is 391 g/mol. The fourth-order valence-corrected chi connectivity index (χ4v) is 4.03. The molecule has 2 heterocycles. The van der Waals surface area contributed by atoms with Crippen molar-refractivity contribution < 1.29 is 14.3 Å². The SMILES string of the molecule is COC(=O)[C@H](Cc1c[nH]c2ccccc12)NC(=O)[C@H]1CC[C@H](c2ccccc2)N1. The van der Waals surface area contributed by atoms with E-state index in [4.69, 9.17) is 4.74 Å². The van der Waals surface area contributed by atoms with Crippen LogP contribution in [0.5, 0.6) is 0 Å². The van der Waals surface area contributed by atoms with Crippen molar-refractivity contribution in [3.63, 3.8) is 0 Å². The van der Waals surface area contributed by atoms with Gasteiger partial charge in [0.2, 0.25) is 5.91 Å². The molecule has 0 radical (unpaired) electrons. The van der Waals surface area contributed by atoms with Gasteiger partial charge in [0.25, 0.3) is 0 Å². The van der Waals surface area contributed by atoms with Crippen LogP contribution in [0.1, 0.15) is 30.0 Å². The molecular formula is C23H25N3O3. The van der Waals surface area contributed by atoms with E-state index in [1.807, 2.05) is 48.7 Å². The minimum Gasteiger partial charge on any atom is -0.467 e. The molecule has 1 amide bonds. The summed E-state index contributed by atoms with van der Waals surface area (Å²) in [4.78, 5) is 28.4. The molecule has 0 saturated carbocycles. The maximum Gasteiger partial charge on any atom is 0.328 e. The van der Waals surface area contributed by atoms with Crippen molar-refractivity contribution >= 4 is 22.8 Å². The molecule has 1 aliphatic heterocycles. The van der Waals surface area contributed by atoms with E-state index in [1.54, 1.807) is 0 Å². The molecule has 0 aliphatic carbocycles. The van der Waals surface area contributed by atoms with E-state index < -0.39 is 12.0 Å². The zero-order chi connectivity index (χ0) is 20.2. The van der Waals surface area contributed by atoms with Crippen molar-refractivity contribution in [3.05, 3.63) is 71.9 Å². The van der Waals surface area contributed by atoms with E-state index >= 15 is 0 Å². The largest absolute Gasteiger partial charge is 0.467 e. The predicted octanol–water partition coefficient (Wildman–Crippen LogP) is 2.86. The Morgan fingerprint density at radius 3 is 2.66 bits per heavy atom. The molecule has 29 heavy (non-hydrogen) atoms. The number of aromatic nitrogens is 1. The Labute approximate surface area is 169 Å². The Morgan fingerprint density at radius 2 is 1.86 bits per heavy atom. The number of amides is 1. The summed E-state index contributed by atoms with van der Waals surface area (Å²) in [5, 5.41) is 7.32. The molecule has 1 saturated heterocycles. The van der Waals surface area contributed by atoms with Crippen LogP contribution in [0.15, 0.2) is 60.8 Å². The Hall–Kier alpha value is -3.12. The molecular weight excluding hydrogens is 366 g/mol. The lowest BCUT2D eigenvalue weighted by Gasteiger charge is -2.20. The van der Waals surface area contributed by atoms with E-state index in [1.165, 1.54) is 12.7 Å². The van der Waals surface area contributed by atoms with Crippen molar-refractivity contribution in [2.75, 3.05) is 7.11 Å². The first kappa shape index (κ1) is 19.2. The number of methoxy groups -OCH3 is 1. The van der Waals surface area contributed by atoms with Crippen LogP contribution in [0, 0.1) is 0 Å². The summed E-state index contributed by atoms with van der Waals surface area (Å²) in [6, 6.07) is 17.1. The lowest BCUT2D eigenvalue weighted by molar-refractivity contribution is -0.145. The molecule has 1 aromatic heterocycles.